The summed E-state index contributed by atoms with van der Waals surface area (Å²) in [5.74, 6) is 0. The number of benzene rings is 1. The highest BCUT2D eigenvalue weighted by Crippen LogP contribution is 2.26. The number of likely N-dealkylation sites (N-methyl/N-ethyl adjacent to an activating group) is 1. The predicted octanol–water partition coefficient (Wildman–Crippen LogP) is 4.21. The summed E-state index contributed by atoms with van der Waals surface area (Å²) < 4.78 is 1.08. The van der Waals surface area contributed by atoms with Gasteiger partial charge in [0, 0.05) is 27.1 Å². The van der Waals surface area contributed by atoms with Gasteiger partial charge in [-0.2, -0.15) is 0 Å². The topological polar surface area (TPSA) is 24.9 Å². The SMILES string of the molecule is CNC(Cc1nc(C)cs1)c1ccc(I)c(Cl)c1. The maximum atomic E-state index is 6.17. The second kappa shape index (κ2) is 6.32. The zero-order valence-corrected chi connectivity index (χ0v) is 13.9. The van der Waals surface area contributed by atoms with E-state index in [4.69, 9.17) is 11.6 Å². The van der Waals surface area contributed by atoms with Crippen molar-refractivity contribution in [2.75, 3.05) is 7.05 Å². The van der Waals surface area contributed by atoms with E-state index in [1.54, 1.807) is 11.3 Å². The number of hydrogen-bond donors (Lipinski definition) is 1. The fourth-order valence-electron chi connectivity index (χ4n) is 1.79. The van der Waals surface area contributed by atoms with Crippen LogP contribution in [0.15, 0.2) is 23.6 Å². The smallest absolute Gasteiger partial charge is 0.0947 e. The molecule has 0 bridgehead atoms. The van der Waals surface area contributed by atoms with Crippen molar-refractivity contribution in [2.24, 2.45) is 0 Å². The van der Waals surface area contributed by atoms with Crippen LogP contribution in [0.25, 0.3) is 0 Å². The lowest BCUT2D eigenvalue weighted by Gasteiger charge is -2.16. The van der Waals surface area contributed by atoms with Gasteiger partial charge in [-0.3, -0.25) is 0 Å². The molecule has 96 valence electrons. The summed E-state index contributed by atoms with van der Waals surface area (Å²) in [6.45, 7) is 2.02. The van der Waals surface area contributed by atoms with Crippen LogP contribution in [0.4, 0.5) is 0 Å². The van der Waals surface area contributed by atoms with E-state index < -0.39 is 0 Å². The Bertz CT molecular complexity index is 542. The zero-order valence-electron chi connectivity index (χ0n) is 10.2. The first-order chi connectivity index (χ1) is 8.60. The molecule has 2 aromatic rings. The Morgan fingerprint density at radius 1 is 1.50 bits per heavy atom. The molecule has 0 radical (unpaired) electrons. The highest BCUT2D eigenvalue weighted by Gasteiger charge is 2.13. The molecule has 1 N–H and O–H groups in total. The van der Waals surface area contributed by atoms with Gasteiger partial charge in [-0.25, -0.2) is 4.98 Å². The van der Waals surface area contributed by atoms with Gasteiger partial charge < -0.3 is 5.32 Å². The van der Waals surface area contributed by atoms with E-state index in [2.05, 4.69) is 50.4 Å². The highest BCUT2D eigenvalue weighted by molar-refractivity contribution is 14.1. The summed E-state index contributed by atoms with van der Waals surface area (Å²) >= 11 is 10.1. The van der Waals surface area contributed by atoms with E-state index in [1.165, 1.54) is 5.56 Å². The van der Waals surface area contributed by atoms with Crippen molar-refractivity contribution in [2.45, 2.75) is 19.4 Å². The van der Waals surface area contributed by atoms with Crippen molar-refractivity contribution in [3.8, 4) is 0 Å². The van der Waals surface area contributed by atoms with Crippen LogP contribution in [0.2, 0.25) is 5.02 Å². The molecule has 5 heteroatoms. The van der Waals surface area contributed by atoms with Crippen LogP contribution < -0.4 is 5.32 Å². The van der Waals surface area contributed by atoms with Crippen LogP contribution in [0.1, 0.15) is 22.3 Å². The summed E-state index contributed by atoms with van der Waals surface area (Å²) in [6, 6.07) is 6.46. The maximum absolute atomic E-state index is 6.17. The molecule has 0 aliphatic carbocycles. The van der Waals surface area contributed by atoms with Gasteiger partial charge in [0.2, 0.25) is 0 Å². The normalized spacial score (nSPS) is 12.7. The number of nitrogens with one attached hydrogen (secondary N) is 1. The van der Waals surface area contributed by atoms with Gasteiger partial charge in [-0.1, -0.05) is 17.7 Å². The lowest BCUT2D eigenvalue weighted by Crippen LogP contribution is -2.18. The van der Waals surface area contributed by atoms with Crippen LogP contribution in [-0.2, 0) is 6.42 Å². The number of nitrogens with zero attached hydrogens (tertiary/aromatic N) is 1. The summed E-state index contributed by atoms with van der Waals surface area (Å²) in [6.07, 6.45) is 0.895. The highest BCUT2D eigenvalue weighted by atomic mass is 127. The molecule has 1 heterocycles. The van der Waals surface area contributed by atoms with Crippen LogP contribution in [-0.4, -0.2) is 12.0 Å². The largest absolute Gasteiger partial charge is 0.313 e. The molecule has 0 spiro atoms. The number of rotatable bonds is 4. The minimum atomic E-state index is 0.255. The summed E-state index contributed by atoms with van der Waals surface area (Å²) in [5.41, 5.74) is 2.29. The molecule has 0 fully saturated rings. The third-order valence-corrected chi connectivity index (χ3v) is 5.30. The number of aryl methyl sites for hydroxylation is 1. The Kier molecular flexibility index (Phi) is 5.00. The fraction of sp³-hybridized carbons (Fsp3) is 0.308. The molecule has 1 aromatic carbocycles. The van der Waals surface area contributed by atoms with Crippen molar-refractivity contribution >= 4 is 45.5 Å². The Balaban J connectivity index is 2.19. The Morgan fingerprint density at radius 3 is 2.83 bits per heavy atom. The molecule has 2 rings (SSSR count). The molecule has 0 saturated carbocycles. The molecular weight excluding hydrogens is 379 g/mol. The number of thiazole rings is 1. The Labute approximate surface area is 130 Å². The summed E-state index contributed by atoms with van der Waals surface area (Å²) in [7, 11) is 1.97. The quantitative estimate of drug-likeness (QED) is 0.788. The van der Waals surface area contributed by atoms with Crippen molar-refractivity contribution in [1.29, 1.82) is 0 Å². The minimum Gasteiger partial charge on any atom is -0.313 e. The first-order valence-corrected chi connectivity index (χ1v) is 7.97. The van der Waals surface area contributed by atoms with Crippen molar-refractivity contribution in [3.05, 3.63) is 48.4 Å². The van der Waals surface area contributed by atoms with Gasteiger partial charge in [0.25, 0.3) is 0 Å². The van der Waals surface area contributed by atoms with Gasteiger partial charge in [0.1, 0.15) is 0 Å². The van der Waals surface area contributed by atoms with E-state index in [0.717, 1.165) is 25.7 Å². The second-order valence-corrected chi connectivity index (χ2v) is 6.61. The Hall–Kier alpha value is -0.170. The number of aromatic nitrogens is 1. The molecule has 0 saturated heterocycles. The van der Waals surface area contributed by atoms with E-state index in [0.29, 0.717) is 0 Å². The standard InChI is InChI=1S/C13H14ClIN2S/c1-8-7-18-13(17-8)6-12(16-2)9-3-4-11(15)10(14)5-9/h3-5,7,12,16H,6H2,1-2H3. The van der Waals surface area contributed by atoms with Crippen LogP contribution >= 0.6 is 45.5 Å². The van der Waals surface area contributed by atoms with Crippen LogP contribution in [0.3, 0.4) is 0 Å². The van der Waals surface area contributed by atoms with E-state index in [9.17, 15) is 0 Å². The van der Waals surface area contributed by atoms with Gasteiger partial charge >= 0.3 is 0 Å². The van der Waals surface area contributed by atoms with E-state index in [1.807, 2.05) is 20.0 Å². The van der Waals surface area contributed by atoms with Crippen molar-refractivity contribution in [1.82, 2.24) is 10.3 Å². The molecule has 1 atom stereocenters. The molecule has 0 amide bonds. The van der Waals surface area contributed by atoms with Gasteiger partial charge in [-0.05, 0) is 54.3 Å². The average Bonchev–Trinajstić information content (AvgIpc) is 2.75. The fourth-order valence-corrected chi connectivity index (χ4v) is 3.13. The number of hydrogen-bond acceptors (Lipinski definition) is 3. The molecule has 2 nitrogen and oxygen atoms in total. The molecule has 0 aliphatic heterocycles. The van der Waals surface area contributed by atoms with Crippen molar-refractivity contribution < 1.29 is 0 Å². The van der Waals surface area contributed by atoms with E-state index >= 15 is 0 Å². The summed E-state index contributed by atoms with van der Waals surface area (Å²) in [4.78, 5) is 4.51. The van der Waals surface area contributed by atoms with Gasteiger partial charge in [-0.15, -0.1) is 11.3 Å². The second-order valence-electron chi connectivity index (χ2n) is 4.10. The third-order valence-electron chi connectivity index (χ3n) is 2.74. The van der Waals surface area contributed by atoms with E-state index in [-0.39, 0.29) is 6.04 Å². The zero-order chi connectivity index (χ0) is 13.1. The van der Waals surface area contributed by atoms with Crippen LogP contribution in [0, 0.1) is 10.5 Å². The number of halogens is 2. The third kappa shape index (κ3) is 3.44. The Morgan fingerprint density at radius 2 is 2.28 bits per heavy atom. The molecular formula is C13H14ClIN2S. The lowest BCUT2D eigenvalue weighted by atomic mass is 10.0. The lowest BCUT2D eigenvalue weighted by molar-refractivity contribution is 0.590. The summed E-state index contributed by atoms with van der Waals surface area (Å²) in [5, 5.41) is 7.38. The van der Waals surface area contributed by atoms with Gasteiger partial charge in [0.05, 0.1) is 10.0 Å². The monoisotopic (exact) mass is 392 g/mol. The first-order valence-electron chi connectivity index (χ1n) is 5.63. The predicted molar refractivity (Wildman–Crippen MR) is 86.5 cm³/mol. The van der Waals surface area contributed by atoms with Crippen LogP contribution in [0.5, 0.6) is 0 Å². The first kappa shape index (κ1) is 14.2. The van der Waals surface area contributed by atoms with Gasteiger partial charge in [0.15, 0.2) is 0 Å². The average molecular weight is 393 g/mol. The molecule has 1 aromatic heterocycles. The van der Waals surface area contributed by atoms with Crippen molar-refractivity contribution in [3.63, 3.8) is 0 Å². The molecule has 1 unspecified atom stereocenters. The minimum absolute atomic E-state index is 0.255. The molecule has 18 heavy (non-hydrogen) atoms. The molecule has 0 aliphatic rings. The maximum Gasteiger partial charge on any atom is 0.0947 e.